The number of thioether (sulfide) groups is 1. The van der Waals surface area contributed by atoms with E-state index in [2.05, 4.69) is 10.4 Å². The Morgan fingerprint density at radius 3 is 2.80 bits per heavy atom. The van der Waals surface area contributed by atoms with Gasteiger partial charge in [0.25, 0.3) is 5.91 Å². The molecule has 0 aliphatic rings. The number of aryl methyl sites for hydroxylation is 2. The molecule has 3 aromatic rings. The van der Waals surface area contributed by atoms with E-state index in [-0.39, 0.29) is 11.1 Å². The Bertz CT molecular complexity index is 1010. The molecule has 0 saturated heterocycles. The van der Waals surface area contributed by atoms with Gasteiger partial charge in [-0.15, -0.1) is 0 Å². The molecule has 0 unspecified atom stereocenters. The highest BCUT2D eigenvalue weighted by Gasteiger charge is 2.17. The second-order valence-corrected chi connectivity index (χ2v) is 6.78. The molecule has 0 fully saturated rings. The Kier molecular flexibility index (Phi) is 4.90. The molecule has 1 N–H and O–H groups in total. The van der Waals surface area contributed by atoms with Crippen molar-refractivity contribution in [3.63, 3.8) is 0 Å². The molecule has 1 amide bonds. The molecule has 25 heavy (non-hydrogen) atoms. The molecule has 0 aliphatic carbocycles. The van der Waals surface area contributed by atoms with E-state index in [0.717, 1.165) is 16.9 Å². The molecular formula is C19H19N3O2S. The zero-order valence-electron chi connectivity index (χ0n) is 14.4. The quantitative estimate of drug-likeness (QED) is 0.781. The first kappa shape index (κ1) is 17.2. The Hall–Kier alpha value is -2.60. The number of carbonyl (C=O) groups is 1. The van der Waals surface area contributed by atoms with Crippen molar-refractivity contribution in [3.05, 3.63) is 69.5 Å². The predicted molar refractivity (Wildman–Crippen MR) is 103 cm³/mol. The summed E-state index contributed by atoms with van der Waals surface area (Å²) in [6, 6.07) is 13.1. The highest BCUT2D eigenvalue weighted by atomic mass is 32.2. The van der Waals surface area contributed by atoms with Crippen LogP contribution in [0.2, 0.25) is 0 Å². The zero-order chi connectivity index (χ0) is 18.0. The van der Waals surface area contributed by atoms with Gasteiger partial charge in [-0.05, 0) is 43.0 Å². The van der Waals surface area contributed by atoms with E-state index < -0.39 is 5.91 Å². The number of hydrogen-bond donors (Lipinski definition) is 1. The van der Waals surface area contributed by atoms with Gasteiger partial charge in [0, 0.05) is 18.5 Å². The lowest BCUT2D eigenvalue weighted by Gasteiger charge is -2.10. The fourth-order valence-electron chi connectivity index (χ4n) is 2.74. The largest absolute Gasteiger partial charge is 0.320 e. The van der Waals surface area contributed by atoms with Gasteiger partial charge in [-0.25, -0.2) is 0 Å². The van der Waals surface area contributed by atoms with Crippen LogP contribution in [0.25, 0.3) is 10.9 Å². The molecule has 3 rings (SSSR count). The molecular weight excluding hydrogens is 334 g/mol. The summed E-state index contributed by atoms with van der Waals surface area (Å²) in [5.74, 6) is 0.365. The second-order valence-electron chi connectivity index (χ2n) is 5.91. The number of nitrogens with one attached hydrogen (secondary N) is 1. The molecule has 128 valence electrons. The number of carbonyl (C=O) groups excluding carboxylic acids is 1. The average molecular weight is 353 g/mol. The van der Waals surface area contributed by atoms with E-state index in [9.17, 15) is 9.59 Å². The van der Waals surface area contributed by atoms with Crippen molar-refractivity contribution in [2.45, 2.75) is 12.7 Å². The summed E-state index contributed by atoms with van der Waals surface area (Å²) < 4.78 is 1.56. The maximum absolute atomic E-state index is 12.7. The van der Waals surface area contributed by atoms with Gasteiger partial charge >= 0.3 is 0 Å². The third-order valence-electron chi connectivity index (χ3n) is 3.92. The highest BCUT2D eigenvalue weighted by molar-refractivity contribution is 7.97. The molecule has 1 heterocycles. The van der Waals surface area contributed by atoms with Crippen LogP contribution < -0.4 is 10.7 Å². The maximum Gasteiger partial charge on any atom is 0.280 e. The van der Waals surface area contributed by atoms with E-state index >= 15 is 0 Å². The topological polar surface area (TPSA) is 64.0 Å². The standard InChI is InChI=1S/C19H19N3O2S/c1-12-7-8-16-15(9-12)18(23)17(21-22(16)2)19(24)20-14-6-4-5-13(10-14)11-25-3/h4-10H,11H2,1-3H3,(H,20,24). The number of amides is 1. The zero-order valence-corrected chi connectivity index (χ0v) is 15.2. The summed E-state index contributed by atoms with van der Waals surface area (Å²) >= 11 is 1.71. The van der Waals surface area contributed by atoms with Crippen LogP contribution in [0.15, 0.2) is 47.3 Å². The smallest absolute Gasteiger partial charge is 0.280 e. The van der Waals surface area contributed by atoms with Crippen molar-refractivity contribution in [1.82, 2.24) is 9.78 Å². The summed E-state index contributed by atoms with van der Waals surface area (Å²) in [7, 11) is 1.73. The van der Waals surface area contributed by atoms with Crippen LogP contribution in [0.4, 0.5) is 5.69 Å². The number of hydrogen-bond acceptors (Lipinski definition) is 4. The first-order valence-corrected chi connectivity index (χ1v) is 9.26. The number of benzene rings is 2. The minimum atomic E-state index is -0.495. The number of aromatic nitrogens is 2. The van der Waals surface area contributed by atoms with Crippen LogP contribution in [-0.4, -0.2) is 21.9 Å². The first-order chi connectivity index (χ1) is 12.0. The van der Waals surface area contributed by atoms with E-state index in [1.54, 1.807) is 35.6 Å². The molecule has 6 heteroatoms. The summed E-state index contributed by atoms with van der Waals surface area (Å²) in [4.78, 5) is 25.3. The molecule has 0 spiro atoms. The Morgan fingerprint density at radius 1 is 1.24 bits per heavy atom. The summed E-state index contributed by atoms with van der Waals surface area (Å²) in [5, 5.41) is 7.45. The van der Waals surface area contributed by atoms with E-state index in [1.165, 1.54) is 0 Å². The van der Waals surface area contributed by atoms with Crippen LogP contribution in [0.5, 0.6) is 0 Å². The molecule has 0 saturated carbocycles. The van der Waals surface area contributed by atoms with E-state index in [4.69, 9.17) is 0 Å². The minimum absolute atomic E-state index is 0.101. The average Bonchev–Trinajstić information content (AvgIpc) is 2.58. The van der Waals surface area contributed by atoms with Gasteiger partial charge in [0.2, 0.25) is 5.43 Å². The van der Waals surface area contributed by atoms with Gasteiger partial charge in [-0.1, -0.05) is 23.8 Å². The molecule has 0 bridgehead atoms. The number of anilines is 1. The monoisotopic (exact) mass is 353 g/mol. The second kappa shape index (κ2) is 7.11. The van der Waals surface area contributed by atoms with Crippen molar-refractivity contribution in [3.8, 4) is 0 Å². The normalized spacial score (nSPS) is 10.8. The number of fused-ring (bicyclic) bond motifs is 1. The van der Waals surface area contributed by atoms with Crippen LogP contribution in [0, 0.1) is 6.92 Å². The van der Waals surface area contributed by atoms with Gasteiger partial charge in [-0.3, -0.25) is 14.3 Å². The molecule has 0 aliphatic heterocycles. The first-order valence-electron chi connectivity index (χ1n) is 7.86. The third-order valence-corrected chi connectivity index (χ3v) is 4.54. The van der Waals surface area contributed by atoms with Gasteiger partial charge in [0.1, 0.15) is 0 Å². The third kappa shape index (κ3) is 3.58. The van der Waals surface area contributed by atoms with Gasteiger partial charge in [0.15, 0.2) is 5.69 Å². The fraction of sp³-hybridized carbons (Fsp3) is 0.211. The van der Waals surface area contributed by atoms with Gasteiger partial charge in [0.05, 0.1) is 10.9 Å². The van der Waals surface area contributed by atoms with Crippen molar-refractivity contribution < 1.29 is 4.79 Å². The minimum Gasteiger partial charge on any atom is -0.320 e. The summed E-state index contributed by atoms with van der Waals surface area (Å²) in [6.45, 7) is 1.91. The lowest BCUT2D eigenvalue weighted by Crippen LogP contribution is -2.26. The van der Waals surface area contributed by atoms with E-state index in [1.807, 2.05) is 43.5 Å². The Morgan fingerprint density at radius 2 is 2.04 bits per heavy atom. The molecule has 1 aromatic heterocycles. The van der Waals surface area contributed by atoms with Crippen LogP contribution in [-0.2, 0) is 12.8 Å². The molecule has 0 atom stereocenters. The Labute approximate surface area is 150 Å². The maximum atomic E-state index is 12.7. The number of rotatable bonds is 4. The predicted octanol–water partition coefficient (Wildman–Crippen LogP) is 3.36. The van der Waals surface area contributed by atoms with Crippen molar-refractivity contribution >= 4 is 34.3 Å². The van der Waals surface area contributed by atoms with Gasteiger partial charge < -0.3 is 5.32 Å². The van der Waals surface area contributed by atoms with Crippen LogP contribution in [0.3, 0.4) is 0 Å². The lowest BCUT2D eigenvalue weighted by atomic mass is 10.1. The molecule has 5 nitrogen and oxygen atoms in total. The van der Waals surface area contributed by atoms with Crippen LogP contribution >= 0.6 is 11.8 Å². The van der Waals surface area contributed by atoms with E-state index in [0.29, 0.717) is 16.6 Å². The van der Waals surface area contributed by atoms with Crippen LogP contribution in [0.1, 0.15) is 21.6 Å². The van der Waals surface area contributed by atoms with Crippen molar-refractivity contribution in [2.75, 3.05) is 11.6 Å². The fourth-order valence-corrected chi connectivity index (χ4v) is 3.25. The lowest BCUT2D eigenvalue weighted by molar-refractivity contribution is 0.101. The Balaban J connectivity index is 1.99. The number of nitrogens with zero attached hydrogens (tertiary/aromatic N) is 2. The van der Waals surface area contributed by atoms with Gasteiger partial charge in [-0.2, -0.15) is 16.9 Å². The summed E-state index contributed by atoms with van der Waals surface area (Å²) in [6.07, 6.45) is 2.02. The van der Waals surface area contributed by atoms with Crippen molar-refractivity contribution in [2.24, 2.45) is 7.05 Å². The molecule has 2 aromatic carbocycles. The SMILES string of the molecule is CSCc1cccc(NC(=O)c2nn(C)c3ccc(C)cc3c2=O)c1. The van der Waals surface area contributed by atoms with Crippen molar-refractivity contribution in [1.29, 1.82) is 0 Å². The summed E-state index contributed by atoms with van der Waals surface area (Å²) in [5.41, 5.74) is 2.98. The highest BCUT2D eigenvalue weighted by Crippen LogP contribution is 2.16. The molecule has 0 radical (unpaired) electrons.